The molecule has 0 aromatic heterocycles. The van der Waals surface area contributed by atoms with Crippen molar-refractivity contribution in [2.75, 3.05) is 49.5 Å². The third-order valence-corrected chi connectivity index (χ3v) is 8.99. The van der Waals surface area contributed by atoms with Gasteiger partial charge in [-0.25, -0.2) is 0 Å². The first-order valence-electron chi connectivity index (χ1n) is 14.9. The van der Waals surface area contributed by atoms with Crippen molar-refractivity contribution in [2.45, 2.75) is 47.8 Å². The topological polar surface area (TPSA) is 142 Å². The van der Waals surface area contributed by atoms with Crippen LogP contribution in [0.3, 0.4) is 0 Å². The number of thioether (sulfide) groups is 2. The first-order chi connectivity index (χ1) is 22.3. The van der Waals surface area contributed by atoms with Gasteiger partial charge in [-0.15, -0.1) is 23.5 Å². The van der Waals surface area contributed by atoms with Crippen LogP contribution in [0.15, 0.2) is 58.3 Å². The van der Waals surface area contributed by atoms with Gasteiger partial charge < -0.3 is 33.0 Å². The van der Waals surface area contributed by atoms with Gasteiger partial charge in [-0.05, 0) is 72.5 Å². The zero-order chi connectivity index (χ0) is 34.6. The molecule has 15 heteroatoms. The molecule has 258 valence electrons. The minimum absolute atomic E-state index is 0.0375. The van der Waals surface area contributed by atoms with Gasteiger partial charge in [0.15, 0.2) is 0 Å². The maximum absolute atomic E-state index is 14.0. The molecule has 0 aliphatic heterocycles. The summed E-state index contributed by atoms with van der Waals surface area (Å²) < 4.78 is 89.1. The summed E-state index contributed by atoms with van der Waals surface area (Å²) in [6.07, 6.45) is -8.62. The minimum Gasteiger partial charge on any atom is -0.457 e. The number of carbonyl (C=O) groups is 1. The monoisotopic (exact) mass is 703 g/mol. The van der Waals surface area contributed by atoms with Gasteiger partial charge in [0.05, 0.1) is 11.1 Å². The van der Waals surface area contributed by atoms with Gasteiger partial charge in [0.2, 0.25) is 0 Å². The Labute approximate surface area is 278 Å². The van der Waals surface area contributed by atoms with Crippen molar-refractivity contribution in [3.8, 4) is 11.5 Å². The molecule has 0 spiro atoms. The number of ether oxygens (including phenoxy) is 1. The second kappa shape index (κ2) is 18.0. The lowest BCUT2D eigenvalue weighted by Crippen LogP contribution is -2.16. The maximum Gasteiger partial charge on any atom is 0.418 e. The van der Waals surface area contributed by atoms with Gasteiger partial charge in [0.1, 0.15) is 17.3 Å². The van der Waals surface area contributed by atoms with E-state index in [1.54, 1.807) is 18.2 Å². The second-order valence-electron chi connectivity index (χ2n) is 10.5. The number of hydrogen-bond acceptors (Lipinski definition) is 9. The minimum atomic E-state index is -4.64. The fourth-order valence-corrected chi connectivity index (χ4v) is 6.50. The Hall–Kier alpha value is -2.95. The lowest BCUT2D eigenvalue weighted by atomic mass is 9.98. The quantitative estimate of drug-likeness (QED) is 0.0770. The van der Waals surface area contributed by atoms with E-state index in [-0.39, 0.29) is 60.2 Å². The molecule has 0 saturated heterocycles. The highest BCUT2D eigenvalue weighted by Crippen LogP contribution is 2.41. The SMILES string of the molecule is NCCCc1cc(CC(=O)Cc2cc(C(F)(F)F)c(SCCN)cc2SCCN)ccc1Oc1ccc(NCCN)c(C(F)(F)F)c1. The van der Waals surface area contributed by atoms with Crippen molar-refractivity contribution >= 4 is 35.0 Å². The molecule has 9 N–H and O–H groups in total. The van der Waals surface area contributed by atoms with Crippen LogP contribution in [0.25, 0.3) is 0 Å². The highest BCUT2D eigenvalue weighted by Gasteiger charge is 2.35. The number of halogens is 6. The molecule has 3 aromatic carbocycles. The Morgan fingerprint density at radius 1 is 0.723 bits per heavy atom. The van der Waals surface area contributed by atoms with E-state index in [4.69, 9.17) is 27.7 Å². The average Bonchev–Trinajstić information content (AvgIpc) is 3.01. The molecule has 0 heterocycles. The van der Waals surface area contributed by atoms with E-state index in [0.717, 1.165) is 23.9 Å². The molecule has 3 aromatic rings. The van der Waals surface area contributed by atoms with E-state index in [9.17, 15) is 31.1 Å². The van der Waals surface area contributed by atoms with Crippen LogP contribution in [0.2, 0.25) is 0 Å². The number of alkyl halides is 6. The van der Waals surface area contributed by atoms with Crippen molar-refractivity contribution in [1.29, 1.82) is 0 Å². The van der Waals surface area contributed by atoms with E-state index in [1.807, 2.05) is 0 Å². The Morgan fingerprint density at radius 2 is 1.40 bits per heavy atom. The molecule has 0 saturated carbocycles. The van der Waals surface area contributed by atoms with Crippen LogP contribution in [0.5, 0.6) is 11.5 Å². The van der Waals surface area contributed by atoms with Crippen LogP contribution >= 0.6 is 23.5 Å². The normalized spacial score (nSPS) is 12.0. The lowest BCUT2D eigenvalue weighted by molar-refractivity contribution is -0.140. The molecule has 0 aliphatic rings. The average molecular weight is 704 g/mol. The Morgan fingerprint density at radius 3 is 2.02 bits per heavy atom. The van der Waals surface area contributed by atoms with Gasteiger partial charge in [-0.3, -0.25) is 4.79 Å². The molecular weight excluding hydrogens is 665 g/mol. The fraction of sp³-hybridized carbons (Fsp3) is 0.406. The van der Waals surface area contributed by atoms with Crippen molar-refractivity contribution < 1.29 is 35.9 Å². The third-order valence-electron chi connectivity index (χ3n) is 6.77. The van der Waals surface area contributed by atoms with E-state index < -0.39 is 23.5 Å². The highest BCUT2D eigenvalue weighted by atomic mass is 32.2. The fourth-order valence-electron chi connectivity index (χ4n) is 4.70. The van der Waals surface area contributed by atoms with Gasteiger partial charge in [0.25, 0.3) is 0 Å². The van der Waals surface area contributed by atoms with E-state index in [0.29, 0.717) is 59.2 Å². The number of aryl methyl sites for hydroxylation is 1. The maximum atomic E-state index is 14.0. The van der Waals surface area contributed by atoms with Crippen molar-refractivity contribution in [2.24, 2.45) is 22.9 Å². The third kappa shape index (κ3) is 11.6. The molecule has 0 bridgehead atoms. The number of hydrogen-bond donors (Lipinski definition) is 5. The van der Waals surface area contributed by atoms with Crippen molar-refractivity contribution in [1.82, 2.24) is 0 Å². The predicted octanol–water partition coefficient (Wildman–Crippen LogP) is 6.23. The summed E-state index contributed by atoms with van der Waals surface area (Å²) in [7, 11) is 0. The molecule has 3 rings (SSSR count). The van der Waals surface area contributed by atoms with Gasteiger partial charge in [-0.1, -0.05) is 12.1 Å². The number of benzene rings is 3. The predicted molar refractivity (Wildman–Crippen MR) is 176 cm³/mol. The van der Waals surface area contributed by atoms with E-state index in [2.05, 4.69) is 5.32 Å². The first kappa shape index (κ1) is 38.5. The van der Waals surface area contributed by atoms with E-state index >= 15 is 0 Å². The standard InChI is InChI=1S/C32H39F6N5O2S2/c33-31(34,35)25-18-24(4-5-27(25)43-11-8-40)45-28-6-3-20(14-21(28)2-1-7-39)15-23(44)16-22-17-26(32(36,37)38)30(47-13-10-42)19-29(22)46-12-9-41/h3-6,14,17-19,43H,1-2,7-13,15-16,39-42H2. The van der Waals surface area contributed by atoms with Crippen LogP contribution in [-0.2, 0) is 36.4 Å². The molecular formula is C32H39F6N5O2S2. The number of nitrogens with one attached hydrogen (secondary N) is 1. The Balaban J connectivity index is 1.88. The zero-order valence-corrected chi connectivity index (χ0v) is 27.2. The van der Waals surface area contributed by atoms with Crippen molar-refractivity contribution in [3.63, 3.8) is 0 Å². The first-order valence-corrected chi connectivity index (χ1v) is 16.8. The van der Waals surface area contributed by atoms with Crippen LogP contribution in [-0.4, -0.2) is 50.0 Å². The summed E-state index contributed by atoms with van der Waals surface area (Å²) in [4.78, 5) is 13.8. The smallest absolute Gasteiger partial charge is 0.418 e. The largest absolute Gasteiger partial charge is 0.457 e. The van der Waals surface area contributed by atoms with E-state index in [1.165, 1.54) is 30.0 Å². The molecule has 0 fully saturated rings. The number of Topliss-reactive ketones (excluding diaryl/α,β-unsaturated/α-hetero) is 1. The Kier molecular flexibility index (Phi) is 14.7. The summed E-state index contributed by atoms with van der Waals surface area (Å²) in [6, 6.07) is 11.0. The molecule has 0 unspecified atom stereocenters. The molecule has 0 amide bonds. The second-order valence-corrected chi connectivity index (χ2v) is 12.8. The molecule has 0 atom stereocenters. The van der Waals surface area contributed by atoms with Crippen LogP contribution < -0.4 is 33.0 Å². The lowest BCUT2D eigenvalue weighted by Gasteiger charge is -2.18. The summed E-state index contributed by atoms with van der Waals surface area (Å²) in [5.41, 5.74) is 21.9. The summed E-state index contributed by atoms with van der Waals surface area (Å²) in [5, 5.41) is 2.66. The van der Waals surface area contributed by atoms with Crippen LogP contribution in [0.4, 0.5) is 32.0 Å². The Bertz CT molecular complexity index is 1490. The van der Waals surface area contributed by atoms with Crippen molar-refractivity contribution in [3.05, 3.63) is 76.3 Å². The molecule has 0 aliphatic carbocycles. The van der Waals surface area contributed by atoms with Gasteiger partial charge >= 0.3 is 12.4 Å². The summed E-state index contributed by atoms with van der Waals surface area (Å²) in [6.45, 7) is 1.16. The molecule has 7 nitrogen and oxygen atoms in total. The van der Waals surface area contributed by atoms with Gasteiger partial charge in [0, 0.05) is 66.0 Å². The highest BCUT2D eigenvalue weighted by molar-refractivity contribution is 8.00. The summed E-state index contributed by atoms with van der Waals surface area (Å²) in [5.74, 6) is 0.700. The molecule has 47 heavy (non-hydrogen) atoms. The number of rotatable bonds is 18. The van der Waals surface area contributed by atoms with Gasteiger partial charge in [-0.2, -0.15) is 26.3 Å². The molecule has 0 radical (unpaired) electrons. The summed E-state index contributed by atoms with van der Waals surface area (Å²) >= 11 is 2.29. The number of carbonyl (C=O) groups excluding carboxylic acids is 1. The van der Waals surface area contributed by atoms with Crippen LogP contribution in [0.1, 0.15) is 34.2 Å². The number of anilines is 1. The number of ketones is 1. The van der Waals surface area contributed by atoms with Crippen LogP contribution in [0, 0.1) is 0 Å². The number of nitrogens with two attached hydrogens (primary N) is 4. The zero-order valence-electron chi connectivity index (χ0n) is 25.6.